The van der Waals surface area contributed by atoms with Gasteiger partial charge in [-0.2, -0.15) is 0 Å². The van der Waals surface area contributed by atoms with Crippen LogP contribution < -0.4 is 22.5 Å². The van der Waals surface area contributed by atoms with Crippen LogP contribution in [0.4, 0.5) is 10.1 Å². The van der Waals surface area contributed by atoms with Crippen molar-refractivity contribution in [1.82, 2.24) is 10.3 Å². The molecule has 0 atom stereocenters. The summed E-state index contributed by atoms with van der Waals surface area (Å²) in [7, 11) is 1.52. The minimum Gasteiger partial charge on any atom is -0.404 e. The zero-order valence-corrected chi connectivity index (χ0v) is 14.0. The van der Waals surface area contributed by atoms with Gasteiger partial charge in [-0.05, 0) is 54.0 Å². The predicted octanol–water partition coefficient (Wildman–Crippen LogP) is 1.77. The lowest BCUT2D eigenvalue weighted by atomic mass is 10.0. The number of carbonyl (C=O) groups excluding carboxylic acids is 1. The van der Waals surface area contributed by atoms with E-state index in [1.807, 2.05) is 0 Å². The van der Waals surface area contributed by atoms with Crippen LogP contribution in [-0.2, 0) is 0 Å². The van der Waals surface area contributed by atoms with E-state index in [0.717, 1.165) is 0 Å². The second kappa shape index (κ2) is 7.48. The smallest absolute Gasteiger partial charge is 0.269 e. The standard InChI is InChI=1S/C18H20FN5O/c1-10-5-14(19)16(22)8-13(10)15(21)6-12(9-20)11-3-4-24-17(7-11)18(25)23-2/h3-9H,20-22H2,1-2H3,(H,23,25)/b12-9+,15-6-. The van der Waals surface area contributed by atoms with Crippen molar-refractivity contribution in [2.24, 2.45) is 11.5 Å². The SMILES string of the molecule is CNC(=O)c1cc(C(/C=C(\N)c2cc(N)c(F)cc2C)=C/N)ccn1. The molecular weight excluding hydrogens is 321 g/mol. The van der Waals surface area contributed by atoms with Crippen LogP contribution in [0.1, 0.15) is 27.2 Å². The van der Waals surface area contributed by atoms with Crippen molar-refractivity contribution >= 4 is 22.9 Å². The third kappa shape index (κ3) is 3.95. The second-order valence-electron chi connectivity index (χ2n) is 5.42. The zero-order valence-electron chi connectivity index (χ0n) is 14.0. The lowest BCUT2D eigenvalue weighted by molar-refractivity contribution is 0.0958. The number of halogens is 1. The first-order chi connectivity index (χ1) is 11.9. The van der Waals surface area contributed by atoms with Gasteiger partial charge in [-0.25, -0.2) is 4.39 Å². The molecule has 0 radical (unpaired) electrons. The third-order valence-corrected chi connectivity index (χ3v) is 3.70. The lowest BCUT2D eigenvalue weighted by Gasteiger charge is -2.10. The van der Waals surface area contributed by atoms with Gasteiger partial charge in [0.25, 0.3) is 5.91 Å². The number of pyridine rings is 1. The molecule has 0 spiro atoms. The summed E-state index contributed by atoms with van der Waals surface area (Å²) < 4.78 is 13.5. The number of hydrogen-bond acceptors (Lipinski definition) is 5. The number of aryl methyl sites for hydroxylation is 1. The number of anilines is 1. The number of carbonyl (C=O) groups is 1. The van der Waals surface area contributed by atoms with Gasteiger partial charge in [-0.1, -0.05) is 0 Å². The Morgan fingerprint density at radius 1 is 1.32 bits per heavy atom. The number of amides is 1. The normalized spacial score (nSPS) is 12.1. The molecule has 7 N–H and O–H groups in total. The highest BCUT2D eigenvalue weighted by Gasteiger charge is 2.10. The van der Waals surface area contributed by atoms with Crippen LogP contribution >= 0.6 is 0 Å². The van der Waals surface area contributed by atoms with Crippen molar-refractivity contribution in [2.45, 2.75) is 6.92 Å². The summed E-state index contributed by atoms with van der Waals surface area (Å²) in [6.45, 7) is 1.74. The van der Waals surface area contributed by atoms with E-state index in [0.29, 0.717) is 28.0 Å². The van der Waals surface area contributed by atoms with Crippen LogP contribution in [0.25, 0.3) is 11.3 Å². The Labute approximate surface area is 145 Å². The molecule has 0 aliphatic heterocycles. The predicted molar refractivity (Wildman–Crippen MR) is 97.5 cm³/mol. The second-order valence-corrected chi connectivity index (χ2v) is 5.42. The lowest BCUT2D eigenvalue weighted by Crippen LogP contribution is -2.19. The van der Waals surface area contributed by atoms with Crippen molar-refractivity contribution in [2.75, 3.05) is 12.8 Å². The van der Waals surface area contributed by atoms with E-state index in [1.54, 1.807) is 25.1 Å². The molecule has 1 aromatic carbocycles. The van der Waals surface area contributed by atoms with Crippen LogP contribution in [0.15, 0.2) is 42.7 Å². The van der Waals surface area contributed by atoms with Crippen molar-refractivity contribution in [3.8, 4) is 0 Å². The molecule has 1 aromatic heterocycles. The molecule has 1 amide bonds. The minimum atomic E-state index is -0.493. The maximum atomic E-state index is 13.5. The van der Waals surface area contributed by atoms with Crippen molar-refractivity contribution in [3.05, 3.63) is 70.9 Å². The minimum absolute atomic E-state index is 0.0149. The molecule has 0 aliphatic carbocycles. The number of allylic oxidation sites excluding steroid dienone is 2. The molecule has 130 valence electrons. The number of nitrogen functional groups attached to an aromatic ring is 1. The van der Waals surface area contributed by atoms with Gasteiger partial charge in [0.15, 0.2) is 0 Å². The molecule has 25 heavy (non-hydrogen) atoms. The van der Waals surface area contributed by atoms with Gasteiger partial charge in [0.05, 0.1) is 5.69 Å². The molecule has 0 saturated heterocycles. The Balaban J connectivity index is 2.44. The molecule has 0 fully saturated rings. The van der Waals surface area contributed by atoms with Gasteiger partial charge in [-0.15, -0.1) is 0 Å². The molecule has 0 saturated carbocycles. The van der Waals surface area contributed by atoms with E-state index in [2.05, 4.69) is 10.3 Å². The molecule has 0 unspecified atom stereocenters. The Bertz CT molecular complexity index is 874. The van der Waals surface area contributed by atoms with Crippen LogP contribution in [-0.4, -0.2) is 17.9 Å². The van der Waals surface area contributed by atoms with E-state index >= 15 is 0 Å². The van der Waals surface area contributed by atoms with E-state index in [-0.39, 0.29) is 17.3 Å². The van der Waals surface area contributed by atoms with Crippen LogP contribution in [0.2, 0.25) is 0 Å². The van der Waals surface area contributed by atoms with Crippen molar-refractivity contribution in [3.63, 3.8) is 0 Å². The van der Waals surface area contributed by atoms with E-state index in [1.165, 1.54) is 31.6 Å². The monoisotopic (exact) mass is 341 g/mol. The molecule has 0 aliphatic rings. The van der Waals surface area contributed by atoms with Crippen molar-refractivity contribution in [1.29, 1.82) is 0 Å². The van der Waals surface area contributed by atoms with E-state index in [9.17, 15) is 9.18 Å². The van der Waals surface area contributed by atoms with Gasteiger partial charge in [0, 0.05) is 30.7 Å². The highest BCUT2D eigenvalue weighted by Crippen LogP contribution is 2.24. The first-order valence-corrected chi connectivity index (χ1v) is 7.51. The van der Waals surface area contributed by atoms with Gasteiger partial charge >= 0.3 is 0 Å². The summed E-state index contributed by atoms with van der Waals surface area (Å²) >= 11 is 0. The van der Waals surface area contributed by atoms with Crippen LogP contribution in [0, 0.1) is 12.7 Å². The molecule has 0 bridgehead atoms. The van der Waals surface area contributed by atoms with Gasteiger partial charge < -0.3 is 22.5 Å². The molecule has 2 rings (SSSR count). The summed E-state index contributed by atoms with van der Waals surface area (Å²) in [4.78, 5) is 15.7. The fourth-order valence-electron chi connectivity index (χ4n) is 2.34. The largest absolute Gasteiger partial charge is 0.404 e. The Hall–Kier alpha value is -3.35. The molecular formula is C18H20FN5O. The van der Waals surface area contributed by atoms with Crippen molar-refractivity contribution < 1.29 is 9.18 Å². The molecule has 1 heterocycles. The highest BCUT2D eigenvalue weighted by atomic mass is 19.1. The summed E-state index contributed by atoms with van der Waals surface area (Å²) in [5.74, 6) is -0.801. The maximum absolute atomic E-state index is 13.5. The quantitative estimate of drug-likeness (QED) is 0.499. The fourth-order valence-corrected chi connectivity index (χ4v) is 2.34. The number of nitrogens with zero attached hydrogens (tertiary/aromatic N) is 1. The Kier molecular flexibility index (Phi) is 5.38. The van der Waals surface area contributed by atoms with Gasteiger partial charge in [-0.3, -0.25) is 9.78 Å². The number of rotatable bonds is 4. The van der Waals surface area contributed by atoms with E-state index < -0.39 is 5.82 Å². The first kappa shape index (κ1) is 18.0. The molecule has 6 nitrogen and oxygen atoms in total. The number of hydrogen-bond donors (Lipinski definition) is 4. The molecule has 7 heteroatoms. The maximum Gasteiger partial charge on any atom is 0.269 e. The summed E-state index contributed by atoms with van der Waals surface area (Å²) in [6.07, 6.45) is 4.52. The van der Waals surface area contributed by atoms with Gasteiger partial charge in [0.2, 0.25) is 0 Å². The first-order valence-electron chi connectivity index (χ1n) is 7.51. The average molecular weight is 341 g/mol. The highest BCUT2D eigenvalue weighted by molar-refractivity contribution is 5.93. The molecule has 2 aromatic rings. The van der Waals surface area contributed by atoms with E-state index in [4.69, 9.17) is 17.2 Å². The van der Waals surface area contributed by atoms with Crippen LogP contribution in [0.5, 0.6) is 0 Å². The fraction of sp³-hybridized carbons (Fsp3) is 0.111. The summed E-state index contributed by atoms with van der Waals surface area (Å²) in [5.41, 5.74) is 20.6. The number of aromatic nitrogens is 1. The number of benzene rings is 1. The topological polar surface area (TPSA) is 120 Å². The van der Waals surface area contributed by atoms with Crippen LogP contribution in [0.3, 0.4) is 0 Å². The Morgan fingerprint density at radius 2 is 2.04 bits per heavy atom. The summed E-state index contributed by atoms with van der Waals surface area (Å²) in [5, 5.41) is 2.51. The van der Waals surface area contributed by atoms with Gasteiger partial charge in [0.1, 0.15) is 11.5 Å². The number of nitrogens with two attached hydrogens (primary N) is 3. The summed E-state index contributed by atoms with van der Waals surface area (Å²) in [6, 6.07) is 6.12. The zero-order chi connectivity index (χ0) is 18.6. The third-order valence-electron chi connectivity index (χ3n) is 3.70. The Morgan fingerprint density at radius 3 is 2.68 bits per heavy atom. The number of nitrogens with one attached hydrogen (secondary N) is 1. The average Bonchev–Trinajstić information content (AvgIpc) is 2.61.